The van der Waals surface area contributed by atoms with E-state index in [1.807, 2.05) is 24.3 Å². The van der Waals surface area contributed by atoms with Crippen molar-refractivity contribution in [3.8, 4) is 5.75 Å². The molecule has 0 unspecified atom stereocenters. The number of nitrogens with one attached hydrogen (secondary N) is 2. The van der Waals surface area contributed by atoms with Gasteiger partial charge >= 0.3 is 0 Å². The van der Waals surface area contributed by atoms with Gasteiger partial charge in [0, 0.05) is 23.7 Å². The second-order valence-electron chi connectivity index (χ2n) is 5.95. The lowest BCUT2D eigenvalue weighted by atomic mass is 9.78. The van der Waals surface area contributed by atoms with Gasteiger partial charge in [-0.15, -0.1) is 0 Å². The van der Waals surface area contributed by atoms with Crippen LogP contribution in [0.4, 0.5) is 0 Å². The molecule has 1 aliphatic rings. The molecule has 4 heteroatoms. The number of aromatic amines is 1. The summed E-state index contributed by atoms with van der Waals surface area (Å²) in [5, 5.41) is 3.09. The van der Waals surface area contributed by atoms with E-state index in [2.05, 4.69) is 16.4 Å². The third-order valence-electron chi connectivity index (χ3n) is 4.67. The van der Waals surface area contributed by atoms with Crippen molar-refractivity contribution in [2.75, 3.05) is 13.7 Å². The maximum Gasteiger partial charge on any atom is 0.267 e. The number of carbonyl (C=O) groups excluding carboxylic acids is 1. The van der Waals surface area contributed by atoms with Crippen molar-refractivity contribution in [3.63, 3.8) is 0 Å². The van der Waals surface area contributed by atoms with Crippen molar-refractivity contribution in [2.45, 2.75) is 31.1 Å². The van der Waals surface area contributed by atoms with Gasteiger partial charge in [0.25, 0.3) is 5.91 Å². The molecule has 2 aromatic rings. The fraction of sp³-hybridized carbons (Fsp3) is 0.389. The smallest absolute Gasteiger partial charge is 0.267 e. The van der Waals surface area contributed by atoms with Crippen LogP contribution < -0.4 is 10.1 Å². The molecule has 1 aromatic heterocycles. The fourth-order valence-electron chi connectivity index (χ4n) is 3.49. The largest absolute Gasteiger partial charge is 0.496 e. The average Bonchev–Trinajstić information content (AvgIpc) is 3.25. The number of para-hydroxylation sites is 1. The Hall–Kier alpha value is -2.23. The lowest BCUT2D eigenvalue weighted by molar-refractivity contribution is 0.0938. The number of amides is 1. The molecule has 1 aliphatic carbocycles. The van der Waals surface area contributed by atoms with Gasteiger partial charge in [0.15, 0.2) is 0 Å². The molecule has 0 atom stereocenters. The molecule has 0 spiro atoms. The van der Waals surface area contributed by atoms with Gasteiger partial charge in [-0.05, 0) is 31.0 Å². The topological polar surface area (TPSA) is 54.1 Å². The summed E-state index contributed by atoms with van der Waals surface area (Å²) in [6.07, 6.45) is 6.31. The number of methoxy groups -OCH3 is 1. The van der Waals surface area contributed by atoms with Crippen LogP contribution in [0.15, 0.2) is 42.6 Å². The van der Waals surface area contributed by atoms with Crippen molar-refractivity contribution in [2.24, 2.45) is 0 Å². The molecule has 116 valence electrons. The zero-order chi connectivity index (χ0) is 15.4. The van der Waals surface area contributed by atoms with E-state index in [-0.39, 0.29) is 11.3 Å². The lowest BCUT2D eigenvalue weighted by Gasteiger charge is -2.31. The molecule has 0 saturated heterocycles. The minimum Gasteiger partial charge on any atom is -0.496 e. The number of benzene rings is 1. The normalized spacial score (nSPS) is 16.4. The predicted molar refractivity (Wildman–Crippen MR) is 86.3 cm³/mol. The second kappa shape index (κ2) is 6.26. The minimum atomic E-state index is -0.0498. The van der Waals surface area contributed by atoms with E-state index in [9.17, 15) is 4.79 Å². The van der Waals surface area contributed by atoms with Crippen LogP contribution in [0.1, 0.15) is 41.7 Å². The van der Waals surface area contributed by atoms with Crippen LogP contribution in [0.3, 0.4) is 0 Å². The van der Waals surface area contributed by atoms with Crippen molar-refractivity contribution in [1.82, 2.24) is 10.3 Å². The van der Waals surface area contributed by atoms with Gasteiger partial charge in [0.1, 0.15) is 11.4 Å². The van der Waals surface area contributed by atoms with Crippen LogP contribution >= 0.6 is 0 Å². The molecule has 0 radical (unpaired) electrons. The van der Waals surface area contributed by atoms with E-state index in [0.29, 0.717) is 12.2 Å². The second-order valence-corrected chi connectivity index (χ2v) is 5.95. The first kappa shape index (κ1) is 14.7. The van der Waals surface area contributed by atoms with Gasteiger partial charge < -0.3 is 15.0 Å². The first-order valence-electron chi connectivity index (χ1n) is 7.80. The summed E-state index contributed by atoms with van der Waals surface area (Å²) in [5.74, 6) is 0.865. The monoisotopic (exact) mass is 298 g/mol. The lowest BCUT2D eigenvalue weighted by Crippen LogP contribution is -2.39. The van der Waals surface area contributed by atoms with Gasteiger partial charge in [-0.2, -0.15) is 0 Å². The van der Waals surface area contributed by atoms with Crippen molar-refractivity contribution < 1.29 is 9.53 Å². The van der Waals surface area contributed by atoms with E-state index in [0.717, 1.165) is 18.6 Å². The molecule has 4 nitrogen and oxygen atoms in total. The minimum absolute atomic E-state index is 0.0190. The molecule has 3 rings (SSSR count). The van der Waals surface area contributed by atoms with Gasteiger partial charge in [0.05, 0.1) is 7.11 Å². The van der Waals surface area contributed by atoms with Crippen LogP contribution in [0.5, 0.6) is 5.75 Å². The van der Waals surface area contributed by atoms with Gasteiger partial charge in [-0.1, -0.05) is 31.0 Å². The summed E-state index contributed by atoms with van der Waals surface area (Å²) in [4.78, 5) is 15.2. The van der Waals surface area contributed by atoms with E-state index in [4.69, 9.17) is 4.74 Å². The molecular weight excluding hydrogens is 276 g/mol. The zero-order valence-corrected chi connectivity index (χ0v) is 12.9. The molecule has 0 aliphatic heterocycles. The van der Waals surface area contributed by atoms with Crippen LogP contribution in [0.25, 0.3) is 0 Å². The van der Waals surface area contributed by atoms with Crippen molar-refractivity contribution in [1.29, 1.82) is 0 Å². The Bertz CT molecular complexity index is 628. The van der Waals surface area contributed by atoms with E-state index in [1.165, 1.54) is 18.4 Å². The Morgan fingerprint density at radius 1 is 1.23 bits per heavy atom. The first-order valence-corrected chi connectivity index (χ1v) is 7.80. The maximum absolute atomic E-state index is 12.2. The molecular formula is C18H22N2O2. The number of carbonyl (C=O) groups is 1. The molecule has 1 aromatic carbocycles. The number of aromatic nitrogens is 1. The standard InChI is InChI=1S/C18H22N2O2/c1-22-16-9-3-2-7-14(16)18(10-4-5-11-18)13-20-17(21)15-8-6-12-19-15/h2-3,6-9,12,19H,4-5,10-11,13H2,1H3,(H,20,21). The summed E-state index contributed by atoms with van der Waals surface area (Å²) in [6.45, 7) is 0.644. The van der Waals surface area contributed by atoms with Gasteiger partial charge in [-0.25, -0.2) is 0 Å². The van der Waals surface area contributed by atoms with Crippen molar-refractivity contribution >= 4 is 5.91 Å². The number of rotatable bonds is 5. The summed E-state index contributed by atoms with van der Waals surface area (Å²) in [5.41, 5.74) is 1.80. The number of hydrogen-bond acceptors (Lipinski definition) is 2. The highest BCUT2D eigenvalue weighted by Gasteiger charge is 2.38. The molecule has 1 heterocycles. The van der Waals surface area contributed by atoms with Crippen LogP contribution in [-0.4, -0.2) is 24.5 Å². The third kappa shape index (κ3) is 2.73. The highest BCUT2D eigenvalue weighted by Crippen LogP contribution is 2.44. The summed E-state index contributed by atoms with van der Waals surface area (Å²) in [7, 11) is 1.71. The first-order chi connectivity index (χ1) is 10.7. The van der Waals surface area contributed by atoms with E-state index in [1.54, 1.807) is 19.4 Å². The molecule has 22 heavy (non-hydrogen) atoms. The number of hydrogen-bond donors (Lipinski definition) is 2. The molecule has 2 N–H and O–H groups in total. The molecule has 1 fully saturated rings. The van der Waals surface area contributed by atoms with Gasteiger partial charge in [-0.3, -0.25) is 4.79 Å². The van der Waals surface area contributed by atoms with Crippen molar-refractivity contribution in [3.05, 3.63) is 53.9 Å². The van der Waals surface area contributed by atoms with Crippen LogP contribution in [0, 0.1) is 0 Å². The molecule has 1 saturated carbocycles. The average molecular weight is 298 g/mol. The summed E-state index contributed by atoms with van der Waals surface area (Å²) < 4.78 is 5.54. The Morgan fingerprint density at radius 3 is 2.68 bits per heavy atom. The maximum atomic E-state index is 12.2. The Kier molecular flexibility index (Phi) is 4.18. The SMILES string of the molecule is COc1ccccc1C1(CNC(=O)c2ccc[nH]2)CCCC1. The van der Waals surface area contributed by atoms with Gasteiger partial charge in [0.2, 0.25) is 0 Å². The van der Waals surface area contributed by atoms with E-state index >= 15 is 0 Å². The third-order valence-corrected chi connectivity index (χ3v) is 4.67. The Balaban J connectivity index is 1.81. The summed E-state index contributed by atoms with van der Waals surface area (Å²) >= 11 is 0. The number of H-pyrrole nitrogens is 1. The Morgan fingerprint density at radius 2 is 2.00 bits per heavy atom. The zero-order valence-electron chi connectivity index (χ0n) is 12.9. The van der Waals surface area contributed by atoms with Crippen LogP contribution in [0.2, 0.25) is 0 Å². The summed E-state index contributed by atoms with van der Waals surface area (Å²) in [6, 6.07) is 11.8. The predicted octanol–water partition coefficient (Wildman–Crippen LogP) is 3.27. The quantitative estimate of drug-likeness (QED) is 0.890. The number of ether oxygens (including phenoxy) is 1. The highest BCUT2D eigenvalue weighted by atomic mass is 16.5. The molecule has 1 amide bonds. The highest BCUT2D eigenvalue weighted by molar-refractivity contribution is 5.92. The van der Waals surface area contributed by atoms with Crippen LogP contribution in [-0.2, 0) is 5.41 Å². The fourth-order valence-corrected chi connectivity index (χ4v) is 3.49. The Labute approximate surface area is 130 Å². The molecule has 0 bridgehead atoms. The van der Waals surface area contributed by atoms with E-state index < -0.39 is 0 Å².